The van der Waals surface area contributed by atoms with Crippen LogP contribution in [0.4, 0.5) is 0 Å². The normalized spacial score (nSPS) is 20.9. The smallest absolute Gasteiger partial charge is 0.246 e. The summed E-state index contributed by atoms with van der Waals surface area (Å²) in [4.78, 5) is 34.1. The molecule has 2 aliphatic rings. The fourth-order valence-electron chi connectivity index (χ4n) is 5.45. The topological polar surface area (TPSA) is 76.6 Å². The number of piperazine rings is 1. The number of nitrogens with zero attached hydrogens (tertiary/aromatic N) is 2. The van der Waals surface area contributed by atoms with E-state index < -0.39 is 12.1 Å². The van der Waals surface area contributed by atoms with Crippen molar-refractivity contribution in [2.45, 2.75) is 24.6 Å². The molecule has 4 aromatic rings. The van der Waals surface area contributed by atoms with Crippen LogP contribution >= 0.6 is 0 Å². The Morgan fingerprint density at radius 3 is 2.35 bits per heavy atom. The molecule has 6 nitrogen and oxygen atoms in total. The molecule has 1 saturated heterocycles. The van der Waals surface area contributed by atoms with Gasteiger partial charge in [-0.05, 0) is 22.8 Å². The third-order valence-electron chi connectivity index (χ3n) is 7.04. The molecule has 2 amide bonds. The average molecular weight is 452 g/mol. The minimum atomic E-state index is -0.846. The third-order valence-corrected chi connectivity index (χ3v) is 7.04. The van der Waals surface area contributed by atoms with E-state index in [1.807, 2.05) is 78.9 Å². The zero-order valence-corrected chi connectivity index (χ0v) is 18.6. The molecule has 1 aromatic heterocycles. The van der Waals surface area contributed by atoms with E-state index in [4.69, 9.17) is 0 Å². The van der Waals surface area contributed by atoms with E-state index in [2.05, 4.69) is 11.1 Å². The van der Waals surface area contributed by atoms with Crippen LogP contribution in [0.2, 0.25) is 0 Å². The predicted octanol–water partition coefficient (Wildman–Crippen LogP) is 3.59. The lowest BCUT2D eigenvalue weighted by molar-refractivity contribution is -0.159. The Morgan fingerprint density at radius 2 is 1.59 bits per heavy atom. The van der Waals surface area contributed by atoms with Crippen molar-refractivity contribution in [3.8, 4) is 0 Å². The quantitative estimate of drug-likeness (QED) is 0.498. The molecule has 0 aliphatic carbocycles. The number of fused-ring (bicyclic) bond motifs is 4. The molecule has 0 radical (unpaired) electrons. The number of aromatic nitrogens is 1. The predicted molar refractivity (Wildman–Crippen MR) is 129 cm³/mol. The van der Waals surface area contributed by atoms with Gasteiger partial charge in [0.25, 0.3) is 0 Å². The lowest BCUT2D eigenvalue weighted by Gasteiger charge is -2.47. The number of aliphatic hydroxyl groups excluding tert-OH is 1. The molecule has 6 rings (SSSR count). The second kappa shape index (κ2) is 8.15. The van der Waals surface area contributed by atoms with Crippen LogP contribution in [-0.2, 0) is 16.0 Å². The molecular weight excluding hydrogens is 426 g/mol. The van der Waals surface area contributed by atoms with Gasteiger partial charge in [0.05, 0.1) is 25.2 Å². The Balaban J connectivity index is 1.41. The Morgan fingerprint density at radius 1 is 0.912 bits per heavy atom. The monoisotopic (exact) mass is 451 g/mol. The van der Waals surface area contributed by atoms with Crippen molar-refractivity contribution in [3.63, 3.8) is 0 Å². The van der Waals surface area contributed by atoms with Gasteiger partial charge in [0.1, 0.15) is 6.04 Å². The molecule has 0 spiro atoms. The van der Waals surface area contributed by atoms with Crippen molar-refractivity contribution in [3.05, 3.63) is 107 Å². The largest absolute Gasteiger partial charge is 0.387 e. The van der Waals surface area contributed by atoms with Crippen LogP contribution in [0.1, 0.15) is 34.5 Å². The van der Waals surface area contributed by atoms with Crippen molar-refractivity contribution in [1.82, 2.24) is 14.8 Å². The highest BCUT2D eigenvalue weighted by Crippen LogP contribution is 2.42. The van der Waals surface area contributed by atoms with E-state index >= 15 is 0 Å². The molecule has 2 aliphatic heterocycles. The lowest BCUT2D eigenvalue weighted by Crippen LogP contribution is -2.63. The van der Waals surface area contributed by atoms with Gasteiger partial charge in [0.15, 0.2) is 0 Å². The van der Waals surface area contributed by atoms with E-state index in [1.165, 1.54) is 4.90 Å². The first-order valence-electron chi connectivity index (χ1n) is 11.6. The first-order chi connectivity index (χ1) is 16.6. The number of hydrogen-bond acceptors (Lipinski definition) is 3. The SMILES string of the molecule is O=C1[C@@H]2Cc3c([nH]c4ccccc34)[C@@H](c3ccccc3)N2C(=O)CN1C[C@@H](O)c1ccccc1. The number of rotatable bonds is 4. The summed E-state index contributed by atoms with van der Waals surface area (Å²) in [5.74, 6) is -0.227. The van der Waals surface area contributed by atoms with Gasteiger partial charge >= 0.3 is 0 Å². The van der Waals surface area contributed by atoms with Gasteiger partial charge in [-0.2, -0.15) is 0 Å². The summed E-state index contributed by atoms with van der Waals surface area (Å²) < 4.78 is 0. The second-order valence-corrected chi connectivity index (χ2v) is 9.04. The Labute approximate surface area is 197 Å². The van der Waals surface area contributed by atoms with Crippen LogP contribution in [0.25, 0.3) is 10.9 Å². The van der Waals surface area contributed by atoms with Crippen LogP contribution in [0.15, 0.2) is 84.9 Å². The second-order valence-electron chi connectivity index (χ2n) is 9.04. The standard InChI is InChI=1S/C28H25N3O3/c32-24(18-9-3-1-4-10-18)16-30-17-25(33)31-23(28(30)34)15-21-20-13-7-8-14-22(20)29-26(21)27(31)19-11-5-2-6-12-19/h1-14,23-24,27,29,32H,15-17H2/t23-,24+,27+/m0/s1. The number of aromatic amines is 1. The molecule has 3 heterocycles. The fourth-order valence-corrected chi connectivity index (χ4v) is 5.45. The van der Waals surface area contributed by atoms with Crippen molar-refractivity contribution < 1.29 is 14.7 Å². The Bertz CT molecular complexity index is 1370. The summed E-state index contributed by atoms with van der Waals surface area (Å²) in [6.07, 6.45) is -0.396. The van der Waals surface area contributed by atoms with Gasteiger partial charge < -0.3 is 19.9 Å². The maximum Gasteiger partial charge on any atom is 0.246 e. The molecule has 6 heteroatoms. The fraction of sp³-hybridized carbons (Fsp3) is 0.214. The molecule has 3 aromatic carbocycles. The molecule has 0 saturated carbocycles. The number of β-amino-alcohol motifs (C(OH)–C–C–N with tert-alkyl or cyclic N) is 1. The van der Waals surface area contributed by atoms with Gasteiger partial charge in [-0.15, -0.1) is 0 Å². The molecule has 3 atom stereocenters. The molecule has 34 heavy (non-hydrogen) atoms. The maximum atomic E-state index is 13.7. The number of carbonyl (C=O) groups is 2. The molecule has 170 valence electrons. The third kappa shape index (κ3) is 3.30. The van der Waals surface area contributed by atoms with Gasteiger partial charge in [-0.25, -0.2) is 0 Å². The summed E-state index contributed by atoms with van der Waals surface area (Å²) in [6.45, 7) is 0.0494. The van der Waals surface area contributed by atoms with Gasteiger partial charge in [0, 0.05) is 23.0 Å². The number of hydrogen-bond donors (Lipinski definition) is 2. The van der Waals surface area contributed by atoms with E-state index in [-0.39, 0.29) is 30.9 Å². The summed E-state index contributed by atoms with van der Waals surface area (Å²) in [7, 11) is 0. The zero-order valence-electron chi connectivity index (χ0n) is 18.6. The number of carbonyl (C=O) groups excluding carboxylic acids is 2. The van der Waals surface area contributed by atoms with Crippen LogP contribution in [0, 0.1) is 0 Å². The van der Waals surface area contributed by atoms with E-state index in [0.29, 0.717) is 6.42 Å². The number of H-pyrrole nitrogens is 1. The molecule has 0 bridgehead atoms. The maximum absolute atomic E-state index is 13.7. The van der Waals surface area contributed by atoms with Gasteiger partial charge in [-0.1, -0.05) is 78.9 Å². The summed E-state index contributed by atoms with van der Waals surface area (Å²) in [5, 5.41) is 11.8. The summed E-state index contributed by atoms with van der Waals surface area (Å²) >= 11 is 0. The number of para-hydroxylation sites is 1. The Kier molecular flexibility index (Phi) is 4.96. The van der Waals surface area contributed by atoms with E-state index in [1.54, 1.807) is 4.90 Å². The lowest BCUT2D eigenvalue weighted by atomic mass is 9.86. The number of aliphatic hydroxyl groups is 1. The zero-order chi connectivity index (χ0) is 23.2. The van der Waals surface area contributed by atoms with Crippen LogP contribution in [-0.4, -0.2) is 50.8 Å². The van der Waals surface area contributed by atoms with Crippen LogP contribution < -0.4 is 0 Å². The molecule has 0 unspecified atom stereocenters. The summed E-state index contributed by atoms with van der Waals surface area (Å²) in [6, 6.07) is 26.2. The number of nitrogens with one attached hydrogen (secondary N) is 1. The minimum absolute atomic E-state index is 0.0435. The average Bonchev–Trinajstić information content (AvgIpc) is 3.25. The van der Waals surface area contributed by atoms with Gasteiger partial charge in [-0.3, -0.25) is 9.59 Å². The Hall–Kier alpha value is -3.90. The highest BCUT2D eigenvalue weighted by Gasteiger charge is 2.48. The van der Waals surface area contributed by atoms with Crippen molar-refractivity contribution >= 4 is 22.7 Å². The van der Waals surface area contributed by atoms with E-state index in [0.717, 1.165) is 33.3 Å². The first kappa shape index (κ1) is 20.7. The highest BCUT2D eigenvalue weighted by atomic mass is 16.3. The number of amides is 2. The summed E-state index contributed by atoms with van der Waals surface area (Å²) in [5.41, 5.74) is 4.76. The van der Waals surface area contributed by atoms with Crippen LogP contribution in [0.3, 0.4) is 0 Å². The van der Waals surface area contributed by atoms with E-state index in [9.17, 15) is 14.7 Å². The molecular formula is C28H25N3O3. The first-order valence-corrected chi connectivity index (χ1v) is 11.6. The minimum Gasteiger partial charge on any atom is -0.387 e. The molecule has 2 N–H and O–H groups in total. The van der Waals surface area contributed by atoms with Gasteiger partial charge in [0.2, 0.25) is 11.8 Å². The number of benzene rings is 3. The van der Waals surface area contributed by atoms with Crippen molar-refractivity contribution in [2.75, 3.05) is 13.1 Å². The molecule has 1 fully saturated rings. The highest BCUT2D eigenvalue weighted by molar-refractivity contribution is 5.97. The van der Waals surface area contributed by atoms with Crippen LogP contribution in [0.5, 0.6) is 0 Å². The van der Waals surface area contributed by atoms with Crippen molar-refractivity contribution in [2.24, 2.45) is 0 Å². The van der Waals surface area contributed by atoms with Crippen molar-refractivity contribution in [1.29, 1.82) is 0 Å².